The first-order valence-electron chi connectivity index (χ1n) is 12.9. The van der Waals surface area contributed by atoms with Crippen LogP contribution in [0, 0.1) is 0 Å². The zero-order chi connectivity index (χ0) is 27.9. The zero-order valence-corrected chi connectivity index (χ0v) is 23.2. The number of hydrogen-bond donors (Lipinski definition) is 2. The van der Waals surface area contributed by atoms with Gasteiger partial charge in [0, 0.05) is 50.8 Å². The first-order valence-corrected chi connectivity index (χ1v) is 12.9. The Morgan fingerprint density at radius 1 is 1.23 bits per heavy atom. The summed E-state index contributed by atoms with van der Waals surface area (Å²) >= 11 is 0. The minimum Gasteiger partial charge on any atom is -0.496 e. The molecule has 39 heavy (non-hydrogen) atoms. The van der Waals surface area contributed by atoms with E-state index >= 15 is 0 Å². The van der Waals surface area contributed by atoms with Gasteiger partial charge in [-0.25, -0.2) is 9.97 Å². The van der Waals surface area contributed by atoms with E-state index in [9.17, 15) is 4.79 Å². The molecular formula is C29H36N8O2. The van der Waals surface area contributed by atoms with Crippen LogP contribution in [0.15, 0.2) is 84.3 Å². The highest BCUT2D eigenvalue weighted by molar-refractivity contribution is 5.89. The van der Waals surface area contributed by atoms with Crippen LogP contribution < -0.4 is 10.6 Å². The number of fused-ring (bicyclic) bond motifs is 1. The van der Waals surface area contributed by atoms with E-state index in [2.05, 4.69) is 49.2 Å². The fraction of sp³-hybridized carbons (Fsp3) is 0.310. The third kappa shape index (κ3) is 6.71. The SMILES string of the molecule is C=CC(=O)NC1=CC(Nc2nccc(-c3ccc4c(cnn4C)c3)n2)=C(OCC)CC=C1N(C)CCN(C)C. The van der Waals surface area contributed by atoms with Crippen LogP contribution in [-0.2, 0) is 16.6 Å². The summed E-state index contributed by atoms with van der Waals surface area (Å²) in [5, 5.41) is 11.7. The number of benzene rings is 1. The second-order valence-electron chi connectivity index (χ2n) is 9.47. The maximum Gasteiger partial charge on any atom is 0.247 e. The lowest BCUT2D eigenvalue weighted by atomic mass is 10.1. The standard InChI is InChI=1S/C29H36N8O2/c1-7-28(38)32-23-18-24(27(39-8-2)12-11-26(23)36(5)16-15-35(3)4)34-29-30-14-13-22(33-29)20-9-10-25-21(17-20)19-31-37(25)6/h7,9-11,13-14,17-19H,1,8,12,15-16H2,2-6H3,(H,32,38)(H,30,33,34). The number of carbonyl (C=O) groups is 1. The third-order valence-corrected chi connectivity index (χ3v) is 6.35. The molecule has 0 fully saturated rings. The van der Waals surface area contributed by atoms with E-state index in [1.54, 1.807) is 6.20 Å². The van der Waals surface area contributed by atoms with Crippen LogP contribution >= 0.6 is 0 Å². The molecule has 3 aromatic rings. The molecule has 204 valence electrons. The van der Waals surface area contributed by atoms with E-state index in [1.165, 1.54) is 6.08 Å². The van der Waals surface area contributed by atoms with Crippen molar-refractivity contribution in [1.29, 1.82) is 0 Å². The van der Waals surface area contributed by atoms with Gasteiger partial charge in [0.1, 0.15) is 5.76 Å². The lowest BCUT2D eigenvalue weighted by molar-refractivity contribution is -0.115. The summed E-state index contributed by atoms with van der Waals surface area (Å²) in [4.78, 5) is 25.8. The summed E-state index contributed by atoms with van der Waals surface area (Å²) in [6, 6.07) is 7.99. The van der Waals surface area contributed by atoms with Crippen molar-refractivity contribution >= 4 is 22.8 Å². The molecule has 1 aliphatic carbocycles. The van der Waals surface area contributed by atoms with Crippen LogP contribution in [0.5, 0.6) is 0 Å². The molecule has 0 atom stereocenters. The fourth-order valence-electron chi connectivity index (χ4n) is 4.26. The minimum atomic E-state index is -0.295. The Morgan fingerprint density at radius 3 is 2.79 bits per heavy atom. The number of ether oxygens (including phenoxy) is 1. The lowest BCUT2D eigenvalue weighted by Crippen LogP contribution is -2.32. The number of likely N-dealkylation sites (N-methyl/N-ethyl adjacent to an activating group) is 2. The minimum absolute atomic E-state index is 0.295. The van der Waals surface area contributed by atoms with Gasteiger partial charge in [-0.05, 0) is 51.4 Å². The van der Waals surface area contributed by atoms with Gasteiger partial charge in [0.25, 0.3) is 0 Å². The number of hydrogen-bond acceptors (Lipinski definition) is 8. The molecule has 0 unspecified atom stereocenters. The molecular weight excluding hydrogens is 492 g/mol. The van der Waals surface area contributed by atoms with E-state index < -0.39 is 0 Å². The number of amides is 1. The molecule has 1 amide bonds. The third-order valence-electron chi connectivity index (χ3n) is 6.35. The Morgan fingerprint density at radius 2 is 2.05 bits per heavy atom. The van der Waals surface area contributed by atoms with E-state index in [1.807, 2.05) is 70.3 Å². The van der Waals surface area contributed by atoms with Gasteiger partial charge < -0.3 is 25.2 Å². The Labute approximate surface area is 229 Å². The molecule has 0 saturated carbocycles. The van der Waals surface area contributed by atoms with Crippen molar-refractivity contribution in [3.05, 3.63) is 84.3 Å². The molecule has 0 bridgehead atoms. The van der Waals surface area contributed by atoms with Gasteiger partial charge in [0.05, 0.1) is 41.1 Å². The fourth-order valence-corrected chi connectivity index (χ4v) is 4.26. The second kappa shape index (κ2) is 12.4. The average molecular weight is 529 g/mol. The smallest absolute Gasteiger partial charge is 0.247 e. The molecule has 2 heterocycles. The van der Waals surface area contributed by atoms with Crippen LogP contribution in [0.3, 0.4) is 0 Å². The first kappa shape index (κ1) is 27.6. The van der Waals surface area contributed by atoms with Crippen molar-refractivity contribution in [2.45, 2.75) is 13.3 Å². The lowest BCUT2D eigenvalue weighted by Gasteiger charge is -2.26. The van der Waals surface area contributed by atoms with Crippen LogP contribution in [0.4, 0.5) is 5.95 Å². The van der Waals surface area contributed by atoms with E-state index in [0.29, 0.717) is 30.4 Å². The summed E-state index contributed by atoms with van der Waals surface area (Å²) in [6.45, 7) is 7.69. The number of aromatic nitrogens is 4. The summed E-state index contributed by atoms with van der Waals surface area (Å²) in [5.74, 6) is 0.849. The van der Waals surface area contributed by atoms with Gasteiger partial charge in [-0.2, -0.15) is 5.10 Å². The van der Waals surface area contributed by atoms with Gasteiger partial charge in [-0.3, -0.25) is 9.48 Å². The largest absolute Gasteiger partial charge is 0.496 e. The van der Waals surface area contributed by atoms with Crippen LogP contribution in [0.25, 0.3) is 22.2 Å². The number of anilines is 1. The molecule has 10 heteroatoms. The van der Waals surface area contributed by atoms with Crippen molar-refractivity contribution in [3.63, 3.8) is 0 Å². The van der Waals surface area contributed by atoms with Crippen LogP contribution in [0.2, 0.25) is 0 Å². The van der Waals surface area contributed by atoms with Crippen LogP contribution in [-0.4, -0.2) is 76.3 Å². The van der Waals surface area contributed by atoms with E-state index in [0.717, 1.165) is 46.7 Å². The number of allylic oxidation sites excluding steroid dienone is 2. The predicted octanol–water partition coefficient (Wildman–Crippen LogP) is 3.66. The van der Waals surface area contributed by atoms with Crippen molar-refractivity contribution in [2.24, 2.45) is 7.05 Å². The number of aryl methyl sites for hydroxylation is 1. The summed E-state index contributed by atoms with van der Waals surface area (Å²) < 4.78 is 7.86. The summed E-state index contributed by atoms with van der Waals surface area (Å²) in [7, 11) is 7.99. The van der Waals surface area contributed by atoms with Crippen molar-refractivity contribution in [2.75, 3.05) is 46.2 Å². The van der Waals surface area contributed by atoms with Gasteiger partial charge >= 0.3 is 0 Å². The quantitative estimate of drug-likeness (QED) is 0.364. The van der Waals surface area contributed by atoms with Gasteiger partial charge in [0.15, 0.2) is 0 Å². The number of carbonyl (C=O) groups excluding carboxylic acids is 1. The molecule has 0 saturated heterocycles. The molecule has 4 rings (SSSR count). The molecule has 1 aliphatic rings. The highest BCUT2D eigenvalue weighted by Crippen LogP contribution is 2.27. The molecule has 0 spiro atoms. The molecule has 2 aromatic heterocycles. The highest BCUT2D eigenvalue weighted by atomic mass is 16.5. The Kier molecular flexibility index (Phi) is 8.77. The monoisotopic (exact) mass is 528 g/mol. The molecule has 0 radical (unpaired) electrons. The van der Waals surface area contributed by atoms with Crippen molar-refractivity contribution in [1.82, 2.24) is 34.9 Å². The zero-order valence-electron chi connectivity index (χ0n) is 23.2. The average Bonchev–Trinajstić information content (AvgIpc) is 3.22. The maximum atomic E-state index is 12.4. The van der Waals surface area contributed by atoms with Crippen molar-refractivity contribution in [3.8, 4) is 11.3 Å². The maximum absolute atomic E-state index is 12.4. The van der Waals surface area contributed by atoms with Gasteiger partial charge in [0.2, 0.25) is 11.9 Å². The van der Waals surface area contributed by atoms with Crippen LogP contribution in [0.1, 0.15) is 13.3 Å². The first-order chi connectivity index (χ1) is 18.8. The Bertz CT molecular complexity index is 1450. The topological polar surface area (TPSA) is 100 Å². The molecule has 2 N–H and O–H groups in total. The van der Waals surface area contributed by atoms with Crippen molar-refractivity contribution < 1.29 is 9.53 Å². The number of nitrogens with one attached hydrogen (secondary N) is 2. The molecule has 10 nitrogen and oxygen atoms in total. The Balaban J connectivity index is 1.68. The number of rotatable bonds is 11. The second-order valence-corrected chi connectivity index (χ2v) is 9.47. The van der Waals surface area contributed by atoms with E-state index in [-0.39, 0.29) is 5.91 Å². The highest BCUT2D eigenvalue weighted by Gasteiger charge is 2.20. The molecule has 0 aliphatic heterocycles. The number of nitrogens with zero attached hydrogens (tertiary/aromatic N) is 6. The summed E-state index contributed by atoms with van der Waals surface area (Å²) in [6.07, 6.45) is 9.28. The molecule has 1 aromatic carbocycles. The van der Waals surface area contributed by atoms with Gasteiger partial charge in [-0.1, -0.05) is 18.7 Å². The summed E-state index contributed by atoms with van der Waals surface area (Å²) in [5.41, 5.74) is 4.98. The van der Waals surface area contributed by atoms with Gasteiger partial charge in [-0.15, -0.1) is 0 Å². The normalized spacial score (nSPS) is 13.6. The van der Waals surface area contributed by atoms with E-state index in [4.69, 9.17) is 9.72 Å². The predicted molar refractivity (Wildman–Crippen MR) is 154 cm³/mol. The Hall–Kier alpha value is -4.44.